The van der Waals surface area contributed by atoms with Crippen molar-refractivity contribution in [2.45, 2.75) is 110 Å². The summed E-state index contributed by atoms with van der Waals surface area (Å²) in [6.07, 6.45) is 2.84. The van der Waals surface area contributed by atoms with Crippen LogP contribution in [0, 0.1) is 18.8 Å². The molecule has 2 fully saturated rings. The molecule has 0 unspecified atom stereocenters. The number of aryl methyl sites for hydroxylation is 1. The molecular weight excluding hydrogens is 824 g/mol. The van der Waals surface area contributed by atoms with Crippen molar-refractivity contribution < 1.29 is 33.4 Å². The van der Waals surface area contributed by atoms with E-state index in [9.17, 15) is 24.0 Å². The smallest absolute Gasteiger partial charge is 0.410 e. The van der Waals surface area contributed by atoms with Crippen LogP contribution in [0.4, 0.5) is 15.3 Å². The number of carbonyl (C=O) groups is 5. The van der Waals surface area contributed by atoms with E-state index in [1.54, 1.807) is 35.2 Å². The Kier molecular flexibility index (Phi) is 14.8. The van der Waals surface area contributed by atoms with Gasteiger partial charge in [0.15, 0.2) is 5.82 Å². The van der Waals surface area contributed by atoms with E-state index in [0.717, 1.165) is 40.7 Å². The van der Waals surface area contributed by atoms with Crippen molar-refractivity contribution in [1.29, 1.82) is 0 Å². The first kappa shape index (κ1) is 46.5. The molecular formula is C47H59ClN8O7. The van der Waals surface area contributed by atoms with E-state index in [2.05, 4.69) is 36.4 Å². The quantitative estimate of drug-likeness (QED) is 0.0942. The van der Waals surface area contributed by atoms with E-state index >= 15 is 0 Å². The fourth-order valence-corrected chi connectivity index (χ4v) is 7.93. The third-order valence-electron chi connectivity index (χ3n) is 11.0. The minimum Gasteiger partial charge on any atom is -0.444 e. The number of aromatic amines is 1. The summed E-state index contributed by atoms with van der Waals surface area (Å²) >= 11 is 5.90. The fourth-order valence-electron chi connectivity index (χ4n) is 7.81. The number of anilines is 1. The van der Waals surface area contributed by atoms with Gasteiger partial charge in [0.25, 0.3) is 5.91 Å². The number of ether oxygens (including phenoxy) is 2. The molecule has 1 aliphatic heterocycles. The van der Waals surface area contributed by atoms with Gasteiger partial charge >= 0.3 is 12.2 Å². The highest BCUT2D eigenvalue weighted by atomic mass is 35.5. The number of carbonyl (C=O) groups excluding carboxylic acids is 5. The highest BCUT2D eigenvalue weighted by Gasteiger charge is 2.32. The molecule has 15 nitrogen and oxygen atoms in total. The van der Waals surface area contributed by atoms with Gasteiger partial charge in [-0.25, -0.2) is 9.59 Å². The van der Waals surface area contributed by atoms with Crippen LogP contribution in [-0.2, 0) is 25.5 Å². The van der Waals surface area contributed by atoms with Crippen molar-refractivity contribution in [3.8, 4) is 22.5 Å². The summed E-state index contributed by atoms with van der Waals surface area (Å²) in [5.41, 5.74) is 4.27. The molecule has 0 spiro atoms. The number of alkyl carbamates (subject to hydrolysis) is 1. The molecule has 2 atom stereocenters. The zero-order valence-corrected chi connectivity index (χ0v) is 37.9. The third kappa shape index (κ3) is 13.5. The standard InChI is InChI=1S/C47H59ClN8O7/c1-28-24-34(41(58)51-36-22-23-56(27-36)45(61)63-47(5,6)7)18-21-37(28)31-12-8-29(9-13-31)25-38(42(59)50-35-19-16-32(17-20-35)39-53-43(48)55-54-39)52-40(57)33-14-10-30(11-15-33)26-49-44(60)62-46(2,3)4/h8-9,12-13,16-21,24,30,33,36,38H,10-11,14-15,22-23,25-27H2,1-7H3,(H,49,60)(H,50,59)(H,51,58)(H,52,57)(H,53,54,55)/t30-,33-,36-,38+/m1/s1. The minimum absolute atomic E-state index is 0.170. The van der Waals surface area contributed by atoms with Crippen LogP contribution in [0.2, 0.25) is 5.28 Å². The van der Waals surface area contributed by atoms with Crippen LogP contribution in [0.25, 0.3) is 22.5 Å². The Morgan fingerprint density at radius 1 is 0.841 bits per heavy atom. The molecule has 5 amide bonds. The number of hydrogen-bond acceptors (Lipinski definition) is 9. The lowest BCUT2D eigenvalue weighted by Crippen LogP contribution is -2.48. The van der Waals surface area contributed by atoms with Gasteiger partial charge in [-0.3, -0.25) is 14.4 Å². The van der Waals surface area contributed by atoms with Gasteiger partial charge in [-0.05, 0) is 157 Å². The number of aromatic nitrogens is 3. The number of H-pyrrole nitrogens is 1. The SMILES string of the molecule is Cc1cc(C(=O)N[C@@H]2CCN(C(=O)OC(C)(C)C)C2)ccc1-c1ccc(C[C@H](NC(=O)[C@H]2CC[C@H](CNC(=O)OC(C)(C)C)CC2)C(=O)Nc2ccc(-c3nnc(Cl)[nH]3)cc2)cc1. The first-order valence-corrected chi connectivity index (χ1v) is 21.9. The molecule has 1 saturated heterocycles. The van der Waals surface area contributed by atoms with Gasteiger partial charge in [0.2, 0.25) is 17.1 Å². The zero-order chi connectivity index (χ0) is 45.5. The predicted octanol–water partition coefficient (Wildman–Crippen LogP) is 7.84. The monoisotopic (exact) mass is 882 g/mol. The summed E-state index contributed by atoms with van der Waals surface area (Å²) in [4.78, 5) is 70.1. The second-order valence-electron chi connectivity index (χ2n) is 18.5. The van der Waals surface area contributed by atoms with Crippen molar-refractivity contribution in [2.24, 2.45) is 11.8 Å². The van der Waals surface area contributed by atoms with Crippen LogP contribution >= 0.6 is 11.6 Å². The summed E-state index contributed by atoms with van der Waals surface area (Å²) in [5, 5.41) is 19.9. The maximum atomic E-state index is 13.9. The van der Waals surface area contributed by atoms with Crippen molar-refractivity contribution in [3.63, 3.8) is 0 Å². The largest absolute Gasteiger partial charge is 0.444 e. The molecule has 3 aromatic carbocycles. The molecule has 4 aromatic rings. The lowest BCUT2D eigenvalue weighted by molar-refractivity contribution is -0.130. The highest BCUT2D eigenvalue weighted by molar-refractivity contribution is 6.28. The lowest BCUT2D eigenvalue weighted by Gasteiger charge is -2.29. The number of rotatable bonds is 12. The average Bonchev–Trinajstić information content (AvgIpc) is 3.88. The van der Waals surface area contributed by atoms with Crippen LogP contribution in [0.1, 0.15) is 95.1 Å². The Bertz CT molecular complexity index is 2260. The molecule has 1 aromatic heterocycles. The van der Waals surface area contributed by atoms with E-state index in [4.69, 9.17) is 21.1 Å². The molecule has 16 heteroatoms. The van der Waals surface area contributed by atoms with Crippen molar-refractivity contribution >= 4 is 47.2 Å². The number of hydrogen-bond donors (Lipinski definition) is 5. The number of likely N-dealkylation sites (tertiary alicyclic amines) is 1. The van der Waals surface area contributed by atoms with E-state index in [1.807, 2.05) is 84.9 Å². The molecule has 1 saturated carbocycles. The van der Waals surface area contributed by atoms with E-state index in [1.165, 1.54) is 0 Å². The van der Waals surface area contributed by atoms with Crippen molar-refractivity contribution in [1.82, 2.24) is 36.0 Å². The maximum absolute atomic E-state index is 13.9. The first-order chi connectivity index (χ1) is 29.8. The molecule has 1 aliphatic carbocycles. The van der Waals surface area contributed by atoms with Crippen molar-refractivity contribution in [2.75, 3.05) is 25.0 Å². The van der Waals surface area contributed by atoms with Gasteiger partial charge in [-0.1, -0.05) is 30.3 Å². The molecule has 0 bridgehead atoms. The van der Waals surface area contributed by atoms with E-state index < -0.39 is 23.3 Å². The molecule has 2 heterocycles. The predicted molar refractivity (Wildman–Crippen MR) is 241 cm³/mol. The number of nitrogens with one attached hydrogen (secondary N) is 5. The number of benzene rings is 3. The summed E-state index contributed by atoms with van der Waals surface area (Å²) in [5.74, 6) is -0.308. The molecule has 336 valence electrons. The summed E-state index contributed by atoms with van der Waals surface area (Å²) in [7, 11) is 0. The van der Waals surface area contributed by atoms with Gasteiger partial charge in [0.1, 0.15) is 17.2 Å². The van der Waals surface area contributed by atoms with Crippen LogP contribution in [0.3, 0.4) is 0 Å². The van der Waals surface area contributed by atoms with Crippen molar-refractivity contribution in [3.05, 3.63) is 88.7 Å². The Labute approximate surface area is 373 Å². The Hall–Kier alpha value is -5.96. The molecule has 5 N–H and O–H groups in total. The van der Waals surface area contributed by atoms with Crippen LogP contribution in [0.15, 0.2) is 66.7 Å². The molecule has 0 radical (unpaired) electrons. The summed E-state index contributed by atoms with van der Waals surface area (Å²) in [6.45, 7) is 14.3. The van der Waals surface area contributed by atoms with Gasteiger partial charge in [0, 0.05) is 54.8 Å². The van der Waals surface area contributed by atoms with Crippen LogP contribution in [-0.4, -0.2) is 92.9 Å². The second kappa shape index (κ2) is 20.0. The van der Waals surface area contributed by atoms with Gasteiger partial charge < -0.3 is 40.6 Å². The Balaban J connectivity index is 1.09. The molecule has 63 heavy (non-hydrogen) atoms. The average molecular weight is 883 g/mol. The molecule has 2 aliphatic rings. The normalized spacial score (nSPS) is 18.2. The fraction of sp³-hybridized carbons (Fsp3) is 0.468. The zero-order valence-electron chi connectivity index (χ0n) is 37.1. The second-order valence-corrected chi connectivity index (χ2v) is 18.9. The first-order valence-electron chi connectivity index (χ1n) is 21.5. The minimum atomic E-state index is -0.877. The van der Waals surface area contributed by atoms with Gasteiger partial charge in [0.05, 0.1) is 0 Å². The number of nitrogens with zero attached hydrogens (tertiary/aromatic N) is 3. The topological polar surface area (TPSA) is 197 Å². The van der Waals surface area contributed by atoms with Crippen LogP contribution in [0.5, 0.6) is 0 Å². The van der Waals surface area contributed by atoms with Gasteiger partial charge in [-0.15, -0.1) is 10.2 Å². The molecule has 6 rings (SSSR count). The highest BCUT2D eigenvalue weighted by Crippen LogP contribution is 2.30. The van der Waals surface area contributed by atoms with E-state index in [0.29, 0.717) is 56.0 Å². The summed E-state index contributed by atoms with van der Waals surface area (Å²) in [6, 6.07) is 19.4. The lowest BCUT2D eigenvalue weighted by atomic mass is 9.81. The maximum Gasteiger partial charge on any atom is 0.410 e. The van der Waals surface area contributed by atoms with E-state index in [-0.39, 0.29) is 53.4 Å². The Morgan fingerprint density at radius 3 is 2.13 bits per heavy atom. The third-order valence-corrected chi connectivity index (χ3v) is 11.2. The summed E-state index contributed by atoms with van der Waals surface area (Å²) < 4.78 is 10.9. The van der Waals surface area contributed by atoms with Gasteiger partial charge in [-0.2, -0.15) is 0 Å². The number of halogens is 1. The Morgan fingerprint density at radius 2 is 1.51 bits per heavy atom. The number of amides is 5. The van der Waals surface area contributed by atoms with Crippen LogP contribution < -0.4 is 21.3 Å².